The number of hydrogen-bond donors (Lipinski definition) is 1. The molecule has 0 atom stereocenters. The van der Waals surface area contributed by atoms with E-state index in [1.165, 1.54) is 6.33 Å². The third-order valence-corrected chi connectivity index (χ3v) is 3.00. The minimum absolute atomic E-state index is 0.780. The van der Waals surface area contributed by atoms with Gasteiger partial charge in [0.15, 0.2) is 6.29 Å². The summed E-state index contributed by atoms with van der Waals surface area (Å²) < 4.78 is 2.17. The molecule has 0 amide bonds. The van der Waals surface area contributed by atoms with Gasteiger partial charge in [0.2, 0.25) is 0 Å². The van der Waals surface area contributed by atoms with Gasteiger partial charge in [-0.05, 0) is 26.3 Å². The number of hydrogen-bond acceptors (Lipinski definition) is 3. The molecule has 90 valence electrons. The van der Waals surface area contributed by atoms with E-state index in [0.29, 0.717) is 0 Å². The Morgan fingerprint density at radius 3 is 2.88 bits per heavy atom. The second-order valence-electron chi connectivity index (χ2n) is 4.13. The highest BCUT2D eigenvalue weighted by Gasteiger charge is 2.07. The zero-order chi connectivity index (χ0) is 12.3. The predicted molar refractivity (Wildman–Crippen MR) is 64.0 cm³/mol. The number of aromatic nitrogens is 4. The molecule has 2 rings (SSSR count). The first-order valence-electron chi connectivity index (χ1n) is 5.68. The number of rotatable bonds is 5. The molecule has 0 spiro atoms. The summed E-state index contributed by atoms with van der Waals surface area (Å²) in [6, 6.07) is 1.93. The molecule has 0 aromatic carbocycles. The summed E-state index contributed by atoms with van der Waals surface area (Å²) >= 11 is 0. The SMILES string of the molecule is Cc1cc(C=O)c(C)n1CCCc1ncn[nH]1. The summed E-state index contributed by atoms with van der Waals surface area (Å²) in [5, 5.41) is 6.65. The Balaban J connectivity index is 1.99. The van der Waals surface area contributed by atoms with Gasteiger partial charge < -0.3 is 4.57 Å². The van der Waals surface area contributed by atoms with Gasteiger partial charge in [0.25, 0.3) is 0 Å². The normalized spacial score (nSPS) is 10.7. The zero-order valence-corrected chi connectivity index (χ0v) is 10.1. The molecule has 0 unspecified atom stereocenters. The molecule has 0 bridgehead atoms. The standard InChI is InChI=1S/C12H16N4O/c1-9-6-11(7-17)10(2)16(9)5-3-4-12-13-8-14-15-12/h6-8H,3-5H2,1-2H3,(H,13,14,15). The molecule has 2 aromatic heterocycles. The molecule has 1 N–H and O–H groups in total. The molecule has 5 heteroatoms. The maximum atomic E-state index is 10.8. The monoisotopic (exact) mass is 232 g/mol. The van der Waals surface area contributed by atoms with E-state index in [9.17, 15) is 4.79 Å². The lowest BCUT2D eigenvalue weighted by atomic mass is 10.2. The largest absolute Gasteiger partial charge is 0.348 e. The Bertz CT molecular complexity index is 499. The van der Waals surface area contributed by atoms with Gasteiger partial charge >= 0.3 is 0 Å². The first kappa shape index (κ1) is 11.6. The fraction of sp³-hybridized carbons (Fsp3) is 0.417. The first-order chi connectivity index (χ1) is 8.22. The van der Waals surface area contributed by atoms with Crippen LogP contribution < -0.4 is 0 Å². The van der Waals surface area contributed by atoms with Crippen LogP contribution in [0.15, 0.2) is 12.4 Å². The van der Waals surface area contributed by atoms with Gasteiger partial charge in [0.05, 0.1) is 0 Å². The minimum atomic E-state index is 0.780. The lowest BCUT2D eigenvalue weighted by Gasteiger charge is -2.08. The second kappa shape index (κ2) is 4.95. The fourth-order valence-corrected chi connectivity index (χ4v) is 2.05. The molecule has 0 aliphatic rings. The number of nitrogens with one attached hydrogen (secondary N) is 1. The Kier molecular flexibility index (Phi) is 3.37. The average Bonchev–Trinajstić information content (AvgIpc) is 2.91. The van der Waals surface area contributed by atoms with Crippen molar-refractivity contribution in [1.29, 1.82) is 0 Å². The Morgan fingerprint density at radius 1 is 1.47 bits per heavy atom. The molecule has 5 nitrogen and oxygen atoms in total. The number of aromatic amines is 1. The highest BCUT2D eigenvalue weighted by molar-refractivity contribution is 5.77. The van der Waals surface area contributed by atoms with Crippen LogP contribution in [-0.4, -0.2) is 26.0 Å². The highest BCUT2D eigenvalue weighted by atomic mass is 16.1. The van der Waals surface area contributed by atoms with Crippen molar-refractivity contribution in [2.24, 2.45) is 0 Å². The smallest absolute Gasteiger partial charge is 0.151 e. The fourth-order valence-electron chi connectivity index (χ4n) is 2.05. The third kappa shape index (κ3) is 2.43. The van der Waals surface area contributed by atoms with Crippen molar-refractivity contribution >= 4 is 6.29 Å². The van der Waals surface area contributed by atoms with Crippen molar-refractivity contribution in [2.75, 3.05) is 0 Å². The zero-order valence-electron chi connectivity index (χ0n) is 10.1. The topological polar surface area (TPSA) is 63.6 Å². The van der Waals surface area contributed by atoms with Crippen molar-refractivity contribution in [1.82, 2.24) is 19.7 Å². The van der Waals surface area contributed by atoms with Gasteiger partial charge in [-0.3, -0.25) is 9.89 Å². The van der Waals surface area contributed by atoms with E-state index in [1.54, 1.807) is 0 Å². The van der Waals surface area contributed by atoms with Crippen LogP contribution in [0.1, 0.15) is 34.0 Å². The first-order valence-corrected chi connectivity index (χ1v) is 5.68. The molecule has 2 heterocycles. The second-order valence-corrected chi connectivity index (χ2v) is 4.13. The number of nitrogens with zero attached hydrogens (tertiary/aromatic N) is 3. The van der Waals surface area contributed by atoms with Crippen LogP contribution >= 0.6 is 0 Å². The maximum Gasteiger partial charge on any atom is 0.151 e. The summed E-state index contributed by atoms with van der Waals surface area (Å²) in [6.07, 6.45) is 4.28. The number of aldehydes is 1. The summed E-state index contributed by atoms with van der Waals surface area (Å²) in [7, 11) is 0. The Hall–Kier alpha value is -1.91. The predicted octanol–water partition coefficient (Wildman–Crippen LogP) is 1.67. The third-order valence-electron chi connectivity index (χ3n) is 3.00. The van der Waals surface area contributed by atoms with Crippen LogP contribution in [-0.2, 0) is 13.0 Å². The number of aryl methyl sites for hydroxylation is 2. The summed E-state index contributed by atoms with van der Waals surface area (Å²) in [5.74, 6) is 0.906. The summed E-state index contributed by atoms with van der Waals surface area (Å²) in [5.41, 5.74) is 2.94. The van der Waals surface area contributed by atoms with Gasteiger partial charge in [-0.25, -0.2) is 4.98 Å². The van der Waals surface area contributed by atoms with Crippen molar-refractivity contribution in [3.05, 3.63) is 35.2 Å². The molecule has 0 saturated heterocycles. The molecule has 17 heavy (non-hydrogen) atoms. The molecule has 0 radical (unpaired) electrons. The molecular formula is C12H16N4O. The Morgan fingerprint density at radius 2 is 2.29 bits per heavy atom. The van der Waals surface area contributed by atoms with Crippen LogP contribution in [0.4, 0.5) is 0 Å². The van der Waals surface area contributed by atoms with Crippen LogP contribution in [0.25, 0.3) is 0 Å². The van der Waals surface area contributed by atoms with E-state index < -0.39 is 0 Å². The van der Waals surface area contributed by atoms with E-state index >= 15 is 0 Å². The van der Waals surface area contributed by atoms with Gasteiger partial charge in [0, 0.05) is 29.9 Å². The minimum Gasteiger partial charge on any atom is -0.348 e. The lowest BCUT2D eigenvalue weighted by molar-refractivity contribution is 0.112. The molecule has 2 aromatic rings. The Labute approximate surface area is 99.9 Å². The van der Waals surface area contributed by atoms with E-state index in [0.717, 1.165) is 48.4 Å². The van der Waals surface area contributed by atoms with E-state index in [2.05, 4.69) is 19.7 Å². The van der Waals surface area contributed by atoms with Crippen LogP contribution in [0.5, 0.6) is 0 Å². The van der Waals surface area contributed by atoms with Gasteiger partial charge in [-0.15, -0.1) is 0 Å². The van der Waals surface area contributed by atoms with E-state index in [4.69, 9.17) is 0 Å². The van der Waals surface area contributed by atoms with Crippen LogP contribution in [0.3, 0.4) is 0 Å². The summed E-state index contributed by atoms with van der Waals surface area (Å²) in [4.78, 5) is 14.9. The number of carbonyl (C=O) groups is 1. The van der Waals surface area contributed by atoms with Gasteiger partial charge in [0.1, 0.15) is 12.2 Å². The van der Waals surface area contributed by atoms with E-state index in [1.807, 2.05) is 19.9 Å². The molecule has 0 aliphatic carbocycles. The number of carbonyl (C=O) groups excluding carboxylic acids is 1. The van der Waals surface area contributed by atoms with Crippen LogP contribution in [0.2, 0.25) is 0 Å². The van der Waals surface area contributed by atoms with Crippen molar-refractivity contribution in [3.63, 3.8) is 0 Å². The lowest BCUT2D eigenvalue weighted by Crippen LogP contribution is -2.04. The van der Waals surface area contributed by atoms with Gasteiger partial charge in [-0.2, -0.15) is 5.10 Å². The van der Waals surface area contributed by atoms with Crippen molar-refractivity contribution in [2.45, 2.75) is 33.2 Å². The molecule has 0 aliphatic heterocycles. The molecule has 0 saturated carbocycles. The summed E-state index contributed by atoms with van der Waals surface area (Å²) in [6.45, 7) is 4.89. The van der Waals surface area contributed by atoms with Crippen molar-refractivity contribution < 1.29 is 4.79 Å². The molecular weight excluding hydrogens is 216 g/mol. The molecule has 0 fully saturated rings. The maximum absolute atomic E-state index is 10.8. The van der Waals surface area contributed by atoms with Gasteiger partial charge in [-0.1, -0.05) is 0 Å². The van der Waals surface area contributed by atoms with Crippen molar-refractivity contribution in [3.8, 4) is 0 Å². The van der Waals surface area contributed by atoms with E-state index in [-0.39, 0.29) is 0 Å². The highest BCUT2D eigenvalue weighted by Crippen LogP contribution is 2.14. The average molecular weight is 232 g/mol. The number of H-pyrrole nitrogens is 1. The quantitative estimate of drug-likeness (QED) is 0.797. The van der Waals surface area contributed by atoms with Crippen LogP contribution in [0, 0.1) is 13.8 Å².